The standard InChI is InChI=1S/C20H28N6O2S.HI/c1-21-19(23-10-14-11-29-20(24-14)25(2)3)22-7-4-8-26-17(27)15-12-5-6-13(9-12)16(15)18(26)28;/h5-6,11-13,15-16H,4,7-10H2,1-3H3,(H2,21,22,23);1H. The average Bonchev–Trinajstić information content (AvgIpc) is 3.47. The number of rotatable bonds is 7. The third kappa shape index (κ3) is 4.34. The monoisotopic (exact) mass is 544 g/mol. The number of allylic oxidation sites excluding steroid dienone is 2. The highest BCUT2D eigenvalue weighted by Crippen LogP contribution is 2.52. The number of aromatic nitrogens is 1. The Labute approximate surface area is 198 Å². The van der Waals surface area contributed by atoms with Crippen LogP contribution in [0.1, 0.15) is 18.5 Å². The molecule has 2 fully saturated rings. The second-order valence-corrected chi connectivity index (χ2v) is 8.89. The van der Waals surface area contributed by atoms with Gasteiger partial charge in [0.25, 0.3) is 0 Å². The summed E-state index contributed by atoms with van der Waals surface area (Å²) < 4.78 is 0. The van der Waals surface area contributed by atoms with Gasteiger partial charge in [-0.3, -0.25) is 19.5 Å². The first-order chi connectivity index (χ1) is 14.0. The molecule has 2 aliphatic carbocycles. The number of imide groups is 1. The highest BCUT2D eigenvalue weighted by atomic mass is 127. The lowest BCUT2D eigenvalue weighted by atomic mass is 9.85. The maximum Gasteiger partial charge on any atom is 0.233 e. The second kappa shape index (κ2) is 9.63. The smallest absolute Gasteiger partial charge is 0.233 e. The fraction of sp³-hybridized carbons (Fsp3) is 0.600. The summed E-state index contributed by atoms with van der Waals surface area (Å²) in [5, 5.41) is 9.49. The van der Waals surface area contributed by atoms with Gasteiger partial charge in [0.1, 0.15) is 0 Å². The number of thiazole rings is 1. The summed E-state index contributed by atoms with van der Waals surface area (Å²) >= 11 is 1.61. The summed E-state index contributed by atoms with van der Waals surface area (Å²) in [5.41, 5.74) is 0.963. The number of hydrogen-bond donors (Lipinski definition) is 2. The van der Waals surface area contributed by atoms with Crippen molar-refractivity contribution in [3.63, 3.8) is 0 Å². The molecule has 4 unspecified atom stereocenters. The number of anilines is 1. The van der Waals surface area contributed by atoms with E-state index in [1.165, 1.54) is 4.90 Å². The summed E-state index contributed by atoms with van der Waals surface area (Å²) in [7, 11) is 5.67. The second-order valence-electron chi connectivity index (χ2n) is 8.05. The van der Waals surface area contributed by atoms with Crippen LogP contribution in [0.2, 0.25) is 0 Å². The minimum absolute atomic E-state index is 0. The molecule has 0 spiro atoms. The number of nitrogens with zero attached hydrogens (tertiary/aromatic N) is 4. The fourth-order valence-electron chi connectivity index (χ4n) is 4.61. The van der Waals surface area contributed by atoms with E-state index >= 15 is 0 Å². The molecule has 10 heteroatoms. The van der Waals surface area contributed by atoms with Crippen molar-refractivity contribution in [1.82, 2.24) is 20.5 Å². The molecule has 8 nitrogen and oxygen atoms in total. The number of amides is 2. The Kier molecular flexibility index (Phi) is 7.38. The molecule has 4 atom stereocenters. The van der Waals surface area contributed by atoms with Crippen molar-refractivity contribution >= 4 is 58.2 Å². The molecule has 3 aliphatic rings. The molecule has 2 bridgehead atoms. The molecule has 1 aromatic heterocycles. The maximum absolute atomic E-state index is 12.7. The van der Waals surface area contributed by atoms with Crippen molar-refractivity contribution in [3.8, 4) is 0 Å². The van der Waals surface area contributed by atoms with E-state index in [2.05, 4.69) is 32.8 Å². The van der Waals surface area contributed by atoms with Crippen LogP contribution in [-0.2, 0) is 16.1 Å². The van der Waals surface area contributed by atoms with Crippen molar-refractivity contribution in [1.29, 1.82) is 0 Å². The summed E-state index contributed by atoms with van der Waals surface area (Å²) in [5.74, 6) is 1.06. The number of carbonyl (C=O) groups is 2. The van der Waals surface area contributed by atoms with Gasteiger partial charge >= 0.3 is 0 Å². The Morgan fingerprint density at radius 2 is 1.90 bits per heavy atom. The predicted octanol–water partition coefficient (Wildman–Crippen LogP) is 1.69. The third-order valence-corrected chi connectivity index (χ3v) is 7.05. The van der Waals surface area contributed by atoms with Crippen molar-refractivity contribution < 1.29 is 9.59 Å². The molecule has 2 heterocycles. The van der Waals surface area contributed by atoms with E-state index in [9.17, 15) is 9.59 Å². The Balaban J connectivity index is 0.00000256. The fourth-order valence-corrected chi connectivity index (χ4v) is 5.36. The zero-order chi connectivity index (χ0) is 20.5. The molecular formula is C20H29IN6O2S. The van der Waals surface area contributed by atoms with E-state index < -0.39 is 0 Å². The van der Waals surface area contributed by atoms with Gasteiger partial charge in [-0.05, 0) is 24.7 Å². The number of halogens is 1. The molecule has 1 aliphatic heterocycles. The van der Waals surface area contributed by atoms with E-state index in [1.807, 2.05) is 24.4 Å². The summed E-state index contributed by atoms with van der Waals surface area (Å²) in [6.45, 7) is 1.69. The zero-order valence-corrected chi connectivity index (χ0v) is 20.6. The van der Waals surface area contributed by atoms with E-state index in [0.717, 1.165) is 17.2 Å². The lowest BCUT2D eigenvalue weighted by molar-refractivity contribution is -0.140. The van der Waals surface area contributed by atoms with Crippen LogP contribution in [0.3, 0.4) is 0 Å². The van der Waals surface area contributed by atoms with Crippen LogP contribution in [0.4, 0.5) is 5.13 Å². The summed E-state index contributed by atoms with van der Waals surface area (Å²) in [6, 6.07) is 0. The van der Waals surface area contributed by atoms with Gasteiger partial charge in [0.15, 0.2) is 11.1 Å². The highest BCUT2D eigenvalue weighted by molar-refractivity contribution is 14.0. The van der Waals surface area contributed by atoms with Gasteiger partial charge in [-0.25, -0.2) is 4.98 Å². The molecule has 1 saturated carbocycles. The van der Waals surface area contributed by atoms with Gasteiger partial charge in [0.2, 0.25) is 11.8 Å². The first kappa shape index (κ1) is 23.0. The Morgan fingerprint density at radius 1 is 1.23 bits per heavy atom. The molecule has 2 amide bonds. The number of nitrogens with one attached hydrogen (secondary N) is 2. The quantitative estimate of drug-likeness (QED) is 0.136. The molecular weight excluding hydrogens is 515 g/mol. The topological polar surface area (TPSA) is 89.9 Å². The normalized spacial score (nSPS) is 26.8. The van der Waals surface area contributed by atoms with Crippen LogP contribution < -0.4 is 15.5 Å². The Hall–Kier alpha value is -1.69. The first-order valence-corrected chi connectivity index (χ1v) is 11.0. The molecule has 0 radical (unpaired) electrons. The van der Waals surface area contributed by atoms with Crippen molar-refractivity contribution in [2.24, 2.45) is 28.7 Å². The van der Waals surface area contributed by atoms with Crippen molar-refractivity contribution in [2.75, 3.05) is 39.1 Å². The van der Waals surface area contributed by atoms with Crippen LogP contribution >= 0.6 is 35.3 Å². The SMILES string of the molecule is CN=C(NCCCN1C(=O)C2C3C=CC(C3)C2C1=O)NCc1csc(N(C)C)n1.I. The van der Waals surface area contributed by atoms with Crippen LogP contribution in [0, 0.1) is 23.7 Å². The van der Waals surface area contributed by atoms with Crippen LogP contribution in [0.25, 0.3) is 0 Å². The highest BCUT2D eigenvalue weighted by Gasteiger charge is 2.58. The van der Waals surface area contributed by atoms with Gasteiger partial charge in [-0.2, -0.15) is 0 Å². The number of guanidine groups is 1. The van der Waals surface area contributed by atoms with Crippen molar-refractivity contribution in [2.45, 2.75) is 19.4 Å². The number of hydrogen-bond acceptors (Lipinski definition) is 6. The van der Waals surface area contributed by atoms with E-state index in [4.69, 9.17) is 0 Å². The lowest BCUT2D eigenvalue weighted by Gasteiger charge is -2.18. The number of fused-ring (bicyclic) bond motifs is 5. The molecule has 30 heavy (non-hydrogen) atoms. The van der Waals surface area contributed by atoms with Gasteiger partial charge in [-0.15, -0.1) is 35.3 Å². The largest absolute Gasteiger partial charge is 0.356 e. The van der Waals surface area contributed by atoms with Crippen LogP contribution in [-0.4, -0.2) is 61.9 Å². The summed E-state index contributed by atoms with van der Waals surface area (Å²) in [6.07, 6.45) is 5.92. The molecule has 2 N–H and O–H groups in total. The van der Waals surface area contributed by atoms with E-state index in [1.54, 1.807) is 18.4 Å². The van der Waals surface area contributed by atoms with Crippen molar-refractivity contribution in [3.05, 3.63) is 23.2 Å². The predicted molar refractivity (Wildman–Crippen MR) is 129 cm³/mol. The third-order valence-electron chi connectivity index (χ3n) is 6.00. The molecule has 0 aromatic carbocycles. The molecule has 4 rings (SSSR count). The van der Waals surface area contributed by atoms with E-state index in [0.29, 0.717) is 32.0 Å². The Bertz CT molecular complexity index is 824. The van der Waals surface area contributed by atoms with Gasteiger partial charge in [0.05, 0.1) is 24.1 Å². The average molecular weight is 544 g/mol. The minimum Gasteiger partial charge on any atom is -0.356 e. The van der Waals surface area contributed by atoms with Crippen LogP contribution in [0.5, 0.6) is 0 Å². The summed E-state index contributed by atoms with van der Waals surface area (Å²) in [4.78, 5) is 37.6. The zero-order valence-electron chi connectivity index (χ0n) is 17.5. The Morgan fingerprint density at radius 3 is 2.47 bits per heavy atom. The van der Waals surface area contributed by atoms with Crippen LogP contribution in [0.15, 0.2) is 22.5 Å². The first-order valence-electron chi connectivity index (χ1n) is 10.1. The van der Waals surface area contributed by atoms with Gasteiger partial charge in [0, 0.05) is 39.6 Å². The molecule has 1 saturated heterocycles. The van der Waals surface area contributed by atoms with E-state index in [-0.39, 0.29) is 59.5 Å². The minimum atomic E-state index is -0.106. The number of aliphatic imine (C=N–C) groups is 1. The number of carbonyl (C=O) groups excluding carboxylic acids is 2. The van der Waals surface area contributed by atoms with Gasteiger partial charge in [-0.1, -0.05) is 12.2 Å². The molecule has 164 valence electrons. The maximum atomic E-state index is 12.7. The molecule has 1 aromatic rings. The van der Waals surface area contributed by atoms with Gasteiger partial charge < -0.3 is 15.5 Å². The lowest BCUT2D eigenvalue weighted by Crippen LogP contribution is -2.39. The number of likely N-dealkylation sites (tertiary alicyclic amines) is 1.